The Balaban J connectivity index is 1.94. The van der Waals surface area contributed by atoms with Gasteiger partial charge < -0.3 is 10.4 Å². The first-order valence-electron chi connectivity index (χ1n) is 7.36. The van der Waals surface area contributed by atoms with Crippen LogP contribution in [0.5, 0.6) is 0 Å². The fourth-order valence-corrected chi connectivity index (χ4v) is 2.30. The standard InChI is InChI=1S/C16H19N3O4/c1-19-14(20)8-7-13(18-19)15(21)17-10-12(16(22)23)9-11-5-3-2-4-6-11/h2-6,12H,7-10H2,1H3,(H,17,21)(H,22,23). The average Bonchev–Trinajstić information content (AvgIpc) is 2.54. The Morgan fingerprint density at radius 2 is 2.00 bits per heavy atom. The molecule has 0 bridgehead atoms. The van der Waals surface area contributed by atoms with Gasteiger partial charge in [-0.1, -0.05) is 30.3 Å². The summed E-state index contributed by atoms with van der Waals surface area (Å²) in [5.41, 5.74) is 1.14. The number of carboxylic acids is 1. The number of rotatable bonds is 6. The molecule has 0 spiro atoms. The quantitative estimate of drug-likeness (QED) is 0.805. The highest BCUT2D eigenvalue weighted by Gasteiger charge is 2.24. The van der Waals surface area contributed by atoms with Crippen LogP contribution in [0.1, 0.15) is 18.4 Å². The molecule has 2 rings (SSSR count). The minimum atomic E-state index is -0.966. The highest BCUT2D eigenvalue weighted by atomic mass is 16.4. The van der Waals surface area contributed by atoms with E-state index in [4.69, 9.17) is 0 Å². The lowest BCUT2D eigenvalue weighted by atomic mass is 9.99. The Bertz CT molecular complexity index is 627. The summed E-state index contributed by atoms with van der Waals surface area (Å²) in [6, 6.07) is 9.25. The number of hydrogen-bond donors (Lipinski definition) is 2. The van der Waals surface area contributed by atoms with E-state index in [0.29, 0.717) is 6.42 Å². The van der Waals surface area contributed by atoms with Gasteiger partial charge in [-0.05, 0) is 12.0 Å². The Morgan fingerprint density at radius 3 is 2.61 bits per heavy atom. The Labute approximate surface area is 134 Å². The normalized spacial score (nSPS) is 15.8. The molecule has 0 fully saturated rings. The number of amides is 2. The topological polar surface area (TPSA) is 99.1 Å². The highest BCUT2D eigenvalue weighted by molar-refractivity contribution is 6.39. The van der Waals surface area contributed by atoms with Gasteiger partial charge in [-0.15, -0.1) is 0 Å². The second-order valence-electron chi connectivity index (χ2n) is 5.40. The molecule has 1 aliphatic heterocycles. The van der Waals surface area contributed by atoms with Crippen molar-refractivity contribution < 1.29 is 19.5 Å². The first kappa shape index (κ1) is 16.7. The molecular formula is C16H19N3O4. The fraction of sp³-hybridized carbons (Fsp3) is 0.375. The Hall–Kier alpha value is -2.70. The van der Waals surface area contributed by atoms with Gasteiger partial charge in [0, 0.05) is 26.4 Å². The van der Waals surface area contributed by atoms with Crippen molar-refractivity contribution in [3.8, 4) is 0 Å². The van der Waals surface area contributed by atoms with E-state index in [-0.39, 0.29) is 31.0 Å². The number of hydrazone groups is 1. The van der Waals surface area contributed by atoms with Crippen LogP contribution >= 0.6 is 0 Å². The van der Waals surface area contributed by atoms with Crippen LogP contribution < -0.4 is 5.32 Å². The van der Waals surface area contributed by atoms with Gasteiger partial charge in [-0.2, -0.15) is 5.10 Å². The van der Waals surface area contributed by atoms with Crippen molar-refractivity contribution in [1.29, 1.82) is 0 Å². The van der Waals surface area contributed by atoms with E-state index in [0.717, 1.165) is 10.6 Å². The maximum Gasteiger partial charge on any atom is 0.308 e. The van der Waals surface area contributed by atoms with Gasteiger partial charge in [0.05, 0.1) is 5.92 Å². The van der Waals surface area contributed by atoms with E-state index in [1.807, 2.05) is 30.3 Å². The zero-order chi connectivity index (χ0) is 16.8. The van der Waals surface area contributed by atoms with E-state index >= 15 is 0 Å². The van der Waals surface area contributed by atoms with Crippen LogP contribution in [-0.4, -0.2) is 47.2 Å². The molecule has 122 valence electrons. The molecule has 2 N–H and O–H groups in total. The Morgan fingerprint density at radius 1 is 1.30 bits per heavy atom. The lowest BCUT2D eigenvalue weighted by Gasteiger charge is -2.19. The van der Waals surface area contributed by atoms with Gasteiger partial charge in [-0.25, -0.2) is 5.01 Å². The molecule has 0 aromatic heterocycles. The molecule has 1 unspecified atom stereocenters. The second kappa shape index (κ2) is 7.53. The van der Waals surface area contributed by atoms with E-state index in [1.54, 1.807) is 0 Å². The third-order valence-electron chi connectivity index (χ3n) is 3.65. The number of nitrogens with one attached hydrogen (secondary N) is 1. The van der Waals surface area contributed by atoms with Crippen molar-refractivity contribution in [2.75, 3.05) is 13.6 Å². The number of aliphatic carboxylic acids is 1. The smallest absolute Gasteiger partial charge is 0.308 e. The van der Waals surface area contributed by atoms with E-state index in [1.165, 1.54) is 7.05 Å². The van der Waals surface area contributed by atoms with Crippen molar-refractivity contribution in [2.45, 2.75) is 19.3 Å². The zero-order valence-corrected chi connectivity index (χ0v) is 12.9. The summed E-state index contributed by atoms with van der Waals surface area (Å²) < 4.78 is 0. The first-order valence-corrected chi connectivity index (χ1v) is 7.36. The van der Waals surface area contributed by atoms with Crippen LogP contribution in [0, 0.1) is 5.92 Å². The van der Waals surface area contributed by atoms with Gasteiger partial charge in [0.1, 0.15) is 5.71 Å². The lowest BCUT2D eigenvalue weighted by molar-refractivity contribution is -0.141. The average molecular weight is 317 g/mol. The number of carbonyl (C=O) groups is 3. The van der Waals surface area contributed by atoms with Crippen molar-refractivity contribution in [3.05, 3.63) is 35.9 Å². The SMILES string of the molecule is CN1N=C(C(=O)NCC(Cc2ccccc2)C(=O)O)CCC1=O. The number of carbonyl (C=O) groups excluding carboxylic acids is 2. The van der Waals surface area contributed by atoms with Crippen molar-refractivity contribution >= 4 is 23.5 Å². The molecule has 1 aliphatic rings. The van der Waals surface area contributed by atoms with E-state index < -0.39 is 17.8 Å². The van der Waals surface area contributed by atoms with Crippen LogP contribution in [0.25, 0.3) is 0 Å². The molecule has 2 amide bonds. The minimum Gasteiger partial charge on any atom is -0.481 e. The van der Waals surface area contributed by atoms with Crippen LogP contribution in [0.4, 0.5) is 0 Å². The van der Waals surface area contributed by atoms with Gasteiger partial charge in [0.25, 0.3) is 5.91 Å². The predicted octanol–water partition coefficient (Wildman–Crippen LogP) is 0.654. The first-order chi connectivity index (χ1) is 11.0. The zero-order valence-electron chi connectivity index (χ0n) is 12.9. The van der Waals surface area contributed by atoms with E-state index in [9.17, 15) is 19.5 Å². The number of nitrogens with zero attached hydrogens (tertiary/aromatic N) is 2. The fourth-order valence-electron chi connectivity index (χ4n) is 2.30. The minimum absolute atomic E-state index is 0.0136. The van der Waals surface area contributed by atoms with Crippen LogP contribution in [-0.2, 0) is 20.8 Å². The Kier molecular flexibility index (Phi) is 5.46. The van der Waals surface area contributed by atoms with Crippen molar-refractivity contribution in [3.63, 3.8) is 0 Å². The number of benzene rings is 1. The third kappa shape index (κ3) is 4.64. The molecule has 0 radical (unpaired) electrons. The van der Waals surface area contributed by atoms with Crippen molar-refractivity contribution in [1.82, 2.24) is 10.3 Å². The maximum absolute atomic E-state index is 12.1. The molecule has 7 heteroatoms. The molecule has 0 saturated heterocycles. The summed E-state index contributed by atoms with van der Waals surface area (Å²) in [7, 11) is 1.49. The summed E-state index contributed by atoms with van der Waals surface area (Å²) in [5, 5.41) is 16.9. The summed E-state index contributed by atoms with van der Waals surface area (Å²) in [6.07, 6.45) is 0.835. The van der Waals surface area contributed by atoms with Crippen LogP contribution in [0.2, 0.25) is 0 Å². The molecule has 1 aromatic rings. The predicted molar refractivity (Wildman–Crippen MR) is 83.7 cm³/mol. The highest BCUT2D eigenvalue weighted by Crippen LogP contribution is 2.10. The number of hydrogen-bond acceptors (Lipinski definition) is 4. The second-order valence-corrected chi connectivity index (χ2v) is 5.40. The van der Waals surface area contributed by atoms with E-state index in [2.05, 4.69) is 10.4 Å². The molecule has 7 nitrogen and oxygen atoms in total. The molecule has 23 heavy (non-hydrogen) atoms. The molecule has 1 atom stereocenters. The molecule has 1 heterocycles. The summed E-state index contributed by atoms with van der Waals surface area (Å²) in [6.45, 7) is 0.0136. The van der Waals surface area contributed by atoms with Gasteiger partial charge >= 0.3 is 5.97 Å². The largest absolute Gasteiger partial charge is 0.481 e. The van der Waals surface area contributed by atoms with Gasteiger partial charge in [-0.3, -0.25) is 14.4 Å². The maximum atomic E-state index is 12.1. The van der Waals surface area contributed by atoms with Crippen LogP contribution in [0.3, 0.4) is 0 Å². The molecule has 0 aliphatic carbocycles. The molecular weight excluding hydrogens is 298 g/mol. The molecule has 1 aromatic carbocycles. The lowest BCUT2D eigenvalue weighted by Crippen LogP contribution is -2.41. The van der Waals surface area contributed by atoms with Gasteiger partial charge in [0.15, 0.2) is 0 Å². The number of carboxylic acid groups (broad SMARTS) is 1. The summed E-state index contributed by atoms with van der Waals surface area (Å²) >= 11 is 0. The van der Waals surface area contributed by atoms with Crippen molar-refractivity contribution in [2.24, 2.45) is 11.0 Å². The monoisotopic (exact) mass is 317 g/mol. The summed E-state index contributed by atoms with van der Waals surface area (Å²) in [4.78, 5) is 34.7. The third-order valence-corrected chi connectivity index (χ3v) is 3.65. The van der Waals surface area contributed by atoms with Crippen LogP contribution in [0.15, 0.2) is 35.4 Å². The summed E-state index contributed by atoms with van der Waals surface area (Å²) in [5.74, 6) is -2.25. The molecule has 0 saturated carbocycles. The van der Waals surface area contributed by atoms with Gasteiger partial charge in [0.2, 0.25) is 5.91 Å².